The van der Waals surface area contributed by atoms with Crippen molar-refractivity contribution in [1.82, 2.24) is 5.32 Å². The highest BCUT2D eigenvalue weighted by Gasteiger charge is 2.16. The number of amides is 1. The van der Waals surface area contributed by atoms with Gasteiger partial charge in [0.25, 0.3) is 5.91 Å². The van der Waals surface area contributed by atoms with Gasteiger partial charge in [-0.3, -0.25) is 4.79 Å². The molecule has 2 aromatic rings. The van der Waals surface area contributed by atoms with Crippen molar-refractivity contribution in [3.05, 3.63) is 48.0 Å². The normalized spacial score (nSPS) is 12.6. The zero-order valence-electron chi connectivity index (χ0n) is 12.1. The molecule has 0 spiro atoms. The number of nitrogens with two attached hydrogens (primary N) is 1. The van der Waals surface area contributed by atoms with Gasteiger partial charge in [-0.15, -0.1) is 0 Å². The molecule has 20 heavy (non-hydrogen) atoms. The van der Waals surface area contributed by atoms with Crippen molar-refractivity contribution in [2.24, 2.45) is 11.7 Å². The van der Waals surface area contributed by atoms with Gasteiger partial charge in [-0.05, 0) is 41.8 Å². The Morgan fingerprint density at radius 2 is 1.85 bits per heavy atom. The molecule has 0 saturated heterocycles. The van der Waals surface area contributed by atoms with Gasteiger partial charge < -0.3 is 11.1 Å². The van der Waals surface area contributed by atoms with E-state index in [4.69, 9.17) is 5.73 Å². The molecule has 0 aliphatic heterocycles. The second-order valence-electron chi connectivity index (χ2n) is 5.46. The largest absolute Gasteiger partial charge is 0.349 e. The Morgan fingerprint density at radius 3 is 2.50 bits per heavy atom. The van der Waals surface area contributed by atoms with E-state index in [1.54, 1.807) is 0 Å². The number of hydrogen-bond donors (Lipinski definition) is 2. The fourth-order valence-corrected chi connectivity index (χ4v) is 2.33. The highest BCUT2D eigenvalue weighted by molar-refractivity contribution is 5.98. The summed E-state index contributed by atoms with van der Waals surface area (Å²) in [6.45, 7) is 4.78. The summed E-state index contributed by atoms with van der Waals surface area (Å²) in [6, 6.07) is 14.0. The van der Waals surface area contributed by atoms with E-state index >= 15 is 0 Å². The zero-order valence-corrected chi connectivity index (χ0v) is 12.1. The Kier molecular flexibility index (Phi) is 4.74. The monoisotopic (exact) mass is 270 g/mol. The average molecular weight is 270 g/mol. The van der Waals surface area contributed by atoms with Gasteiger partial charge in [0.2, 0.25) is 0 Å². The molecule has 0 aliphatic rings. The number of hydrogen-bond acceptors (Lipinski definition) is 2. The van der Waals surface area contributed by atoms with Crippen LogP contribution in [0.2, 0.25) is 0 Å². The maximum atomic E-state index is 12.3. The van der Waals surface area contributed by atoms with E-state index < -0.39 is 0 Å². The fourth-order valence-electron chi connectivity index (χ4n) is 2.33. The first kappa shape index (κ1) is 14.5. The van der Waals surface area contributed by atoms with Crippen molar-refractivity contribution in [1.29, 1.82) is 0 Å². The maximum absolute atomic E-state index is 12.3. The number of nitrogens with one attached hydrogen (secondary N) is 1. The molecule has 1 atom stereocenters. The predicted octanol–water partition coefficient (Wildman–Crippen LogP) is 2.94. The van der Waals surface area contributed by atoms with Crippen LogP contribution in [0.5, 0.6) is 0 Å². The molecule has 0 heterocycles. The minimum atomic E-state index is -0.0251. The number of carbonyl (C=O) groups is 1. The number of benzene rings is 2. The summed E-state index contributed by atoms with van der Waals surface area (Å²) in [7, 11) is 0. The van der Waals surface area contributed by atoms with Crippen LogP contribution < -0.4 is 11.1 Å². The van der Waals surface area contributed by atoms with E-state index in [2.05, 4.69) is 19.2 Å². The SMILES string of the molecule is CC(C)C(CCN)NC(=O)c1ccc2ccccc2c1. The lowest BCUT2D eigenvalue weighted by Gasteiger charge is -2.21. The van der Waals surface area contributed by atoms with E-state index in [9.17, 15) is 4.79 Å². The van der Waals surface area contributed by atoms with E-state index in [0.717, 1.165) is 17.2 Å². The van der Waals surface area contributed by atoms with E-state index in [1.165, 1.54) is 0 Å². The van der Waals surface area contributed by atoms with Crippen LogP contribution in [0.1, 0.15) is 30.6 Å². The highest BCUT2D eigenvalue weighted by Crippen LogP contribution is 2.16. The fraction of sp³-hybridized carbons (Fsp3) is 0.353. The lowest BCUT2D eigenvalue weighted by Crippen LogP contribution is -2.39. The Labute approximate surface area is 120 Å². The van der Waals surface area contributed by atoms with Crippen LogP contribution in [0.25, 0.3) is 10.8 Å². The second kappa shape index (κ2) is 6.53. The summed E-state index contributed by atoms with van der Waals surface area (Å²) in [4.78, 5) is 12.3. The molecular weight excluding hydrogens is 248 g/mol. The third-order valence-electron chi connectivity index (χ3n) is 3.61. The third kappa shape index (κ3) is 3.36. The van der Waals surface area contributed by atoms with Gasteiger partial charge in [-0.25, -0.2) is 0 Å². The molecule has 0 fully saturated rings. The molecule has 1 unspecified atom stereocenters. The molecule has 0 aromatic heterocycles. The van der Waals surface area contributed by atoms with Crippen LogP contribution >= 0.6 is 0 Å². The van der Waals surface area contributed by atoms with E-state index in [1.807, 2.05) is 42.5 Å². The van der Waals surface area contributed by atoms with Gasteiger partial charge in [0.1, 0.15) is 0 Å². The number of rotatable bonds is 5. The van der Waals surface area contributed by atoms with Crippen molar-refractivity contribution in [3.63, 3.8) is 0 Å². The molecule has 0 saturated carbocycles. The van der Waals surface area contributed by atoms with Gasteiger partial charge in [-0.1, -0.05) is 44.2 Å². The minimum Gasteiger partial charge on any atom is -0.349 e. The molecule has 0 bridgehead atoms. The predicted molar refractivity (Wildman–Crippen MR) is 83.7 cm³/mol. The zero-order chi connectivity index (χ0) is 14.5. The first-order valence-corrected chi connectivity index (χ1v) is 7.11. The molecule has 3 nitrogen and oxygen atoms in total. The summed E-state index contributed by atoms with van der Waals surface area (Å²) < 4.78 is 0. The summed E-state index contributed by atoms with van der Waals surface area (Å²) in [5.41, 5.74) is 6.31. The highest BCUT2D eigenvalue weighted by atomic mass is 16.1. The second-order valence-corrected chi connectivity index (χ2v) is 5.46. The lowest BCUT2D eigenvalue weighted by atomic mass is 10.00. The molecule has 3 heteroatoms. The third-order valence-corrected chi connectivity index (χ3v) is 3.61. The molecule has 2 aromatic carbocycles. The molecule has 1 amide bonds. The molecule has 0 radical (unpaired) electrons. The van der Waals surface area contributed by atoms with Crippen molar-refractivity contribution >= 4 is 16.7 Å². The molecule has 2 rings (SSSR count). The molecule has 106 valence electrons. The van der Waals surface area contributed by atoms with Crippen LogP contribution in [0.4, 0.5) is 0 Å². The van der Waals surface area contributed by atoms with Gasteiger partial charge in [-0.2, -0.15) is 0 Å². The van der Waals surface area contributed by atoms with E-state index in [-0.39, 0.29) is 11.9 Å². The topological polar surface area (TPSA) is 55.1 Å². The quantitative estimate of drug-likeness (QED) is 0.877. The average Bonchev–Trinajstić information content (AvgIpc) is 2.46. The van der Waals surface area contributed by atoms with Crippen LogP contribution in [-0.2, 0) is 0 Å². The molecular formula is C17H22N2O. The van der Waals surface area contributed by atoms with Crippen molar-refractivity contribution in [2.75, 3.05) is 6.54 Å². The van der Waals surface area contributed by atoms with E-state index in [0.29, 0.717) is 18.0 Å². The Balaban J connectivity index is 2.18. The Bertz CT molecular complexity index is 592. The van der Waals surface area contributed by atoms with Crippen LogP contribution in [-0.4, -0.2) is 18.5 Å². The first-order chi connectivity index (χ1) is 9.61. The van der Waals surface area contributed by atoms with Crippen LogP contribution in [0.15, 0.2) is 42.5 Å². The number of carbonyl (C=O) groups excluding carboxylic acids is 1. The van der Waals surface area contributed by atoms with Gasteiger partial charge in [0, 0.05) is 11.6 Å². The van der Waals surface area contributed by atoms with Crippen molar-refractivity contribution < 1.29 is 4.79 Å². The lowest BCUT2D eigenvalue weighted by molar-refractivity contribution is 0.0924. The molecule has 0 aliphatic carbocycles. The maximum Gasteiger partial charge on any atom is 0.251 e. The Morgan fingerprint density at radius 1 is 1.15 bits per heavy atom. The van der Waals surface area contributed by atoms with Gasteiger partial charge >= 0.3 is 0 Å². The summed E-state index contributed by atoms with van der Waals surface area (Å²) in [6.07, 6.45) is 0.803. The number of fused-ring (bicyclic) bond motifs is 1. The standard InChI is InChI=1S/C17H22N2O/c1-12(2)16(9-10-18)19-17(20)15-8-7-13-5-3-4-6-14(13)11-15/h3-8,11-12,16H,9-10,18H2,1-2H3,(H,19,20). The first-order valence-electron chi connectivity index (χ1n) is 7.11. The van der Waals surface area contributed by atoms with Crippen LogP contribution in [0.3, 0.4) is 0 Å². The van der Waals surface area contributed by atoms with Gasteiger partial charge in [0.05, 0.1) is 0 Å². The van der Waals surface area contributed by atoms with Crippen LogP contribution in [0, 0.1) is 5.92 Å². The Hall–Kier alpha value is -1.87. The smallest absolute Gasteiger partial charge is 0.251 e. The molecule has 3 N–H and O–H groups in total. The van der Waals surface area contributed by atoms with Crippen molar-refractivity contribution in [3.8, 4) is 0 Å². The van der Waals surface area contributed by atoms with Gasteiger partial charge in [0.15, 0.2) is 0 Å². The van der Waals surface area contributed by atoms with Crippen molar-refractivity contribution in [2.45, 2.75) is 26.3 Å². The summed E-state index contributed by atoms with van der Waals surface area (Å²) in [5, 5.41) is 5.31. The minimum absolute atomic E-state index is 0.0251. The summed E-state index contributed by atoms with van der Waals surface area (Å²) in [5.74, 6) is 0.353. The summed E-state index contributed by atoms with van der Waals surface area (Å²) >= 11 is 0.